The molecule has 0 heterocycles. The summed E-state index contributed by atoms with van der Waals surface area (Å²) in [6.07, 6.45) is -16.9. The molecule has 0 fully saturated rings. The third kappa shape index (κ3) is 3.39. The molecule has 0 amide bonds. The summed E-state index contributed by atoms with van der Waals surface area (Å²) in [5.41, 5.74) is 0.0729. The largest absolute Gasteiger partial charge is 0.418 e. The van der Waals surface area contributed by atoms with Crippen LogP contribution < -0.4 is 11.5 Å². The van der Waals surface area contributed by atoms with E-state index in [1.807, 2.05) is 0 Å². The van der Waals surface area contributed by atoms with Gasteiger partial charge in [0.15, 0.2) is 0 Å². The molecule has 0 saturated carbocycles. The van der Waals surface area contributed by atoms with Gasteiger partial charge < -0.3 is 11.5 Å². The number of alkyl halides is 9. The van der Waals surface area contributed by atoms with Crippen molar-refractivity contribution in [2.75, 3.05) is 0 Å². The Morgan fingerprint density at radius 1 is 0.808 bits per heavy atom. The Hall–Kier alpha value is -2.17. The SMILES string of the molecule is NC1=C(C(F)(F)F)C(C(F)(F)F)C(N)(c2ccccc2)C=C1C(F)(F)F. The molecule has 0 spiro atoms. The summed E-state index contributed by atoms with van der Waals surface area (Å²) in [4.78, 5) is 0. The standard InChI is InChI=1S/C15H11F9N2/c16-13(17,18)8-6-12(26,7-4-2-1-3-5-7)11(15(22,23)24)9(10(8)25)14(19,20)21/h1-6,11H,25-26H2. The summed E-state index contributed by atoms with van der Waals surface area (Å²) in [5.74, 6) is -3.51. The van der Waals surface area contributed by atoms with Gasteiger partial charge in [-0.25, -0.2) is 0 Å². The Balaban J connectivity index is 2.92. The maximum atomic E-state index is 13.5. The van der Waals surface area contributed by atoms with Crippen molar-refractivity contribution in [3.63, 3.8) is 0 Å². The lowest BCUT2D eigenvalue weighted by Gasteiger charge is -2.42. The molecule has 1 aromatic rings. The molecule has 26 heavy (non-hydrogen) atoms. The smallest absolute Gasteiger partial charge is 0.398 e. The Labute approximate surface area is 141 Å². The van der Waals surface area contributed by atoms with Gasteiger partial charge in [0.05, 0.1) is 22.4 Å². The summed E-state index contributed by atoms with van der Waals surface area (Å²) < 4.78 is 120. The second-order valence-electron chi connectivity index (χ2n) is 5.65. The van der Waals surface area contributed by atoms with Crippen LogP contribution in [0, 0.1) is 5.92 Å². The van der Waals surface area contributed by atoms with Gasteiger partial charge in [-0.2, -0.15) is 39.5 Å². The van der Waals surface area contributed by atoms with Gasteiger partial charge in [-0.15, -0.1) is 0 Å². The third-order valence-electron chi connectivity index (χ3n) is 3.94. The van der Waals surface area contributed by atoms with Crippen LogP contribution in [-0.2, 0) is 5.54 Å². The highest BCUT2D eigenvalue weighted by Gasteiger charge is 2.63. The highest BCUT2D eigenvalue weighted by atomic mass is 19.4. The first-order chi connectivity index (χ1) is 11.6. The second kappa shape index (κ2) is 5.93. The van der Waals surface area contributed by atoms with Crippen molar-refractivity contribution in [3.05, 3.63) is 58.8 Å². The molecule has 1 aromatic carbocycles. The van der Waals surface area contributed by atoms with Crippen LogP contribution in [0.25, 0.3) is 0 Å². The number of rotatable bonds is 1. The third-order valence-corrected chi connectivity index (χ3v) is 3.94. The number of hydrogen-bond acceptors (Lipinski definition) is 2. The molecule has 2 nitrogen and oxygen atoms in total. The summed E-state index contributed by atoms with van der Waals surface area (Å²) in [7, 11) is 0. The van der Waals surface area contributed by atoms with Crippen LogP contribution in [0.3, 0.4) is 0 Å². The fourth-order valence-electron chi connectivity index (χ4n) is 2.90. The number of allylic oxidation sites excluding steroid dienone is 1. The molecular weight excluding hydrogens is 379 g/mol. The average molecular weight is 390 g/mol. The Bertz CT molecular complexity index is 741. The van der Waals surface area contributed by atoms with E-state index in [2.05, 4.69) is 0 Å². The van der Waals surface area contributed by atoms with Crippen molar-refractivity contribution in [3.8, 4) is 0 Å². The quantitative estimate of drug-likeness (QED) is 0.703. The number of nitrogens with two attached hydrogens (primary N) is 2. The first-order valence-electron chi connectivity index (χ1n) is 6.88. The monoisotopic (exact) mass is 390 g/mol. The average Bonchev–Trinajstić information content (AvgIpc) is 2.46. The van der Waals surface area contributed by atoms with E-state index < -0.39 is 52.4 Å². The van der Waals surface area contributed by atoms with E-state index in [1.54, 1.807) is 0 Å². The van der Waals surface area contributed by atoms with E-state index in [4.69, 9.17) is 11.5 Å². The van der Waals surface area contributed by atoms with Gasteiger partial charge in [0, 0.05) is 0 Å². The first-order valence-corrected chi connectivity index (χ1v) is 6.88. The van der Waals surface area contributed by atoms with E-state index in [0.29, 0.717) is 0 Å². The fourth-order valence-corrected chi connectivity index (χ4v) is 2.90. The van der Waals surface area contributed by atoms with Crippen molar-refractivity contribution in [1.29, 1.82) is 0 Å². The van der Waals surface area contributed by atoms with Gasteiger partial charge in [0.25, 0.3) is 0 Å². The summed E-state index contributed by atoms with van der Waals surface area (Å²) in [6, 6.07) is 5.44. The number of halogens is 9. The molecule has 2 atom stereocenters. The molecule has 2 unspecified atom stereocenters. The lowest BCUT2D eigenvalue weighted by atomic mass is 9.68. The molecule has 144 valence electrons. The fraction of sp³-hybridized carbons (Fsp3) is 0.333. The van der Waals surface area contributed by atoms with Gasteiger partial charge in [-0.05, 0) is 11.6 Å². The maximum Gasteiger partial charge on any atom is 0.418 e. The molecule has 2 rings (SSSR count). The molecule has 0 saturated heterocycles. The summed E-state index contributed by atoms with van der Waals surface area (Å²) in [6.45, 7) is 0. The molecule has 0 aromatic heterocycles. The Morgan fingerprint density at radius 3 is 1.69 bits per heavy atom. The van der Waals surface area contributed by atoms with E-state index in [-0.39, 0.29) is 6.08 Å². The maximum absolute atomic E-state index is 13.5. The topological polar surface area (TPSA) is 52.0 Å². The molecule has 1 aliphatic rings. The van der Waals surface area contributed by atoms with E-state index >= 15 is 0 Å². The number of hydrogen-bond donors (Lipinski definition) is 2. The van der Waals surface area contributed by atoms with Gasteiger partial charge >= 0.3 is 18.5 Å². The summed E-state index contributed by atoms with van der Waals surface area (Å²) >= 11 is 0. The van der Waals surface area contributed by atoms with Crippen molar-refractivity contribution in [1.82, 2.24) is 0 Å². The zero-order valence-corrected chi connectivity index (χ0v) is 12.6. The van der Waals surface area contributed by atoms with E-state index in [1.165, 1.54) is 6.07 Å². The molecule has 11 heteroatoms. The van der Waals surface area contributed by atoms with Gasteiger partial charge in [0.1, 0.15) is 5.92 Å². The van der Waals surface area contributed by atoms with Crippen molar-refractivity contribution in [2.24, 2.45) is 17.4 Å². The molecular formula is C15H11F9N2. The first kappa shape index (κ1) is 20.1. The number of benzene rings is 1. The van der Waals surface area contributed by atoms with E-state index in [9.17, 15) is 39.5 Å². The Morgan fingerprint density at radius 2 is 1.31 bits per heavy atom. The predicted molar refractivity (Wildman–Crippen MR) is 73.3 cm³/mol. The van der Waals surface area contributed by atoms with Crippen LogP contribution in [0.15, 0.2) is 53.3 Å². The minimum atomic E-state index is -5.78. The van der Waals surface area contributed by atoms with Crippen LogP contribution in [-0.4, -0.2) is 18.5 Å². The molecule has 0 bridgehead atoms. The van der Waals surface area contributed by atoms with Crippen molar-refractivity contribution in [2.45, 2.75) is 24.1 Å². The van der Waals surface area contributed by atoms with Gasteiger partial charge in [-0.1, -0.05) is 30.3 Å². The van der Waals surface area contributed by atoms with Crippen LogP contribution in [0.5, 0.6) is 0 Å². The van der Waals surface area contributed by atoms with Crippen LogP contribution in [0.4, 0.5) is 39.5 Å². The molecule has 4 N–H and O–H groups in total. The minimum absolute atomic E-state index is 0.0922. The van der Waals surface area contributed by atoms with Gasteiger partial charge in [0.2, 0.25) is 0 Å². The predicted octanol–water partition coefficient (Wildman–Crippen LogP) is 4.30. The highest BCUT2D eigenvalue weighted by Crippen LogP contribution is 2.54. The zero-order chi connectivity index (χ0) is 20.1. The molecule has 0 radical (unpaired) electrons. The van der Waals surface area contributed by atoms with Crippen LogP contribution >= 0.6 is 0 Å². The normalized spacial score (nSPS) is 25.3. The zero-order valence-electron chi connectivity index (χ0n) is 12.6. The van der Waals surface area contributed by atoms with E-state index in [0.717, 1.165) is 24.3 Å². The summed E-state index contributed by atoms with van der Waals surface area (Å²) in [5, 5.41) is 0. The second-order valence-corrected chi connectivity index (χ2v) is 5.65. The van der Waals surface area contributed by atoms with Crippen molar-refractivity contribution < 1.29 is 39.5 Å². The van der Waals surface area contributed by atoms with Crippen LogP contribution in [0.1, 0.15) is 5.56 Å². The van der Waals surface area contributed by atoms with Gasteiger partial charge in [-0.3, -0.25) is 0 Å². The molecule has 0 aliphatic heterocycles. The lowest BCUT2D eigenvalue weighted by molar-refractivity contribution is -0.201. The minimum Gasteiger partial charge on any atom is -0.398 e. The molecule has 1 aliphatic carbocycles. The van der Waals surface area contributed by atoms with Crippen molar-refractivity contribution >= 4 is 0 Å². The highest BCUT2D eigenvalue weighted by molar-refractivity contribution is 5.51. The van der Waals surface area contributed by atoms with Crippen LogP contribution in [0.2, 0.25) is 0 Å². The Kier molecular flexibility index (Phi) is 4.60. The lowest BCUT2D eigenvalue weighted by Crippen LogP contribution is -2.55.